The summed E-state index contributed by atoms with van der Waals surface area (Å²) in [7, 11) is 0. The summed E-state index contributed by atoms with van der Waals surface area (Å²) in [4.78, 5) is 0. The van der Waals surface area contributed by atoms with Crippen molar-refractivity contribution in [1.29, 1.82) is 0 Å². The fourth-order valence-electron chi connectivity index (χ4n) is 3.30. The summed E-state index contributed by atoms with van der Waals surface area (Å²) in [6.45, 7) is 0. The normalized spacial score (nSPS) is 51.3. The van der Waals surface area contributed by atoms with Crippen molar-refractivity contribution in [3.63, 3.8) is 0 Å². The van der Waals surface area contributed by atoms with Gasteiger partial charge >= 0.3 is 0 Å². The first-order valence-electron chi connectivity index (χ1n) is 6.62. The Labute approximate surface area is 105 Å². The summed E-state index contributed by atoms with van der Waals surface area (Å²) >= 11 is 0. The molecule has 0 bridgehead atoms. The van der Waals surface area contributed by atoms with E-state index in [2.05, 4.69) is 0 Å². The number of aliphatic hydroxyl groups excluding tert-OH is 4. The molecule has 2 aliphatic carbocycles. The Morgan fingerprint density at radius 3 is 1.56 bits per heavy atom. The van der Waals surface area contributed by atoms with Crippen LogP contribution < -0.4 is 0 Å². The van der Waals surface area contributed by atoms with E-state index in [9.17, 15) is 20.4 Å². The highest BCUT2D eigenvalue weighted by Crippen LogP contribution is 2.44. The van der Waals surface area contributed by atoms with Gasteiger partial charge in [0.15, 0.2) is 5.79 Å². The summed E-state index contributed by atoms with van der Waals surface area (Å²) in [5, 5.41) is 39.2. The molecule has 3 rings (SSSR count). The van der Waals surface area contributed by atoms with Gasteiger partial charge in [-0.2, -0.15) is 0 Å². The Balaban J connectivity index is 1.82. The highest BCUT2D eigenvalue weighted by Gasteiger charge is 2.59. The molecule has 18 heavy (non-hydrogen) atoms. The molecule has 6 heteroatoms. The molecular weight excluding hydrogens is 240 g/mol. The van der Waals surface area contributed by atoms with Crippen LogP contribution in [0.5, 0.6) is 0 Å². The molecule has 0 aromatic carbocycles. The van der Waals surface area contributed by atoms with E-state index in [1.54, 1.807) is 0 Å². The molecule has 1 spiro atoms. The van der Waals surface area contributed by atoms with Crippen LogP contribution >= 0.6 is 0 Å². The van der Waals surface area contributed by atoms with Gasteiger partial charge in [-0.3, -0.25) is 0 Å². The number of hydrogen-bond donors (Lipinski definition) is 4. The molecular formula is C12H20O6. The van der Waals surface area contributed by atoms with Crippen LogP contribution in [0, 0.1) is 0 Å². The molecule has 3 aliphatic rings. The van der Waals surface area contributed by atoms with Gasteiger partial charge in [0.1, 0.15) is 36.6 Å². The number of ether oxygens (including phenoxy) is 2. The highest BCUT2D eigenvalue weighted by atomic mass is 16.8. The van der Waals surface area contributed by atoms with Crippen LogP contribution in [0.3, 0.4) is 0 Å². The minimum absolute atomic E-state index is 0.728. The van der Waals surface area contributed by atoms with E-state index < -0.39 is 42.4 Å². The Bertz CT molecular complexity index is 292. The molecule has 0 radical (unpaired) electrons. The minimum atomic E-state index is -1.40. The summed E-state index contributed by atoms with van der Waals surface area (Å²) in [5.41, 5.74) is 0. The Morgan fingerprint density at radius 2 is 1.11 bits per heavy atom. The molecule has 3 fully saturated rings. The average Bonchev–Trinajstić information content (AvgIpc) is 2.74. The van der Waals surface area contributed by atoms with Gasteiger partial charge in [0.2, 0.25) is 0 Å². The Morgan fingerprint density at radius 1 is 0.667 bits per heavy atom. The monoisotopic (exact) mass is 260 g/mol. The number of hydrogen-bond acceptors (Lipinski definition) is 6. The van der Waals surface area contributed by atoms with Gasteiger partial charge in [-0.1, -0.05) is 6.42 Å². The van der Waals surface area contributed by atoms with Crippen LogP contribution in [0.4, 0.5) is 0 Å². The SMILES string of the molecule is O[C@@H]1[C@H](O)[C@H](O)[C@@H]2OC3(CCCCC3)O[C@@H]2[C@H]1O. The van der Waals surface area contributed by atoms with Crippen molar-refractivity contribution in [3.8, 4) is 0 Å². The lowest BCUT2D eigenvalue weighted by Gasteiger charge is -2.38. The predicted octanol–water partition coefficient (Wildman–Crippen LogP) is -1.11. The lowest BCUT2D eigenvalue weighted by atomic mass is 9.85. The van der Waals surface area contributed by atoms with E-state index in [1.165, 1.54) is 0 Å². The first-order chi connectivity index (χ1) is 8.54. The molecule has 0 aromatic heterocycles. The fraction of sp³-hybridized carbons (Fsp3) is 1.00. The molecule has 6 nitrogen and oxygen atoms in total. The maximum absolute atomic E-state index is 9.92. The fourth-order valence-corrected chi connectivity index (χ4v) is 3.30. The molecule has 104 valence electrons. The standard InChI is InChI=1S/C12H20O6/c13-6-7(14)9(16)11-10(8(6)15)17-12(18-11)4-2-1-3-5-12/h6-11,13-16H,1-5H2/t6-,7+,8-,9-,10-,11+/m0/s1. The van der Waals surface area contributed by atoms with Gasteiger partial charge in [-0.25, -0.2) is 0 Å². The summed E-state index contributed by atoms with van der Waals surface area (Å²) < 4.78 is 11.6. The molecule has 6 atom stereocenters. The maximum atomic E-state index is 9.92. The van der Waals surface area contributed by atoms with Crippen molar-refractivity contribution in [2.75, 3.05) is 0 Å². The molecule has 4 N–H and O–H groups in total. The van der Waals surface area contributed by atoms with Crippen molar-refractivity contribution in [2.45, 2.75) is 74.5 Å². The predicted molar refractivity (Wildman–Crippen MR) is 59.6 cm³/mol. The first kappa shape index (κ1) is 12.8. The quantitative estimate of drug-likeness (QED) is 0.441. The van der Waals surface area contributed by atoms with Crippen LogP contribution in [0.2, 0.25) is 0 Å². The van der Waals surface area contributed by atoms with Crippen molar-refractivity contribution < 1.29 is 29.9 Å². The molecule has 0 aromatic rings. The Kier molecular flexibility index (Phi) is 3.12. The van der Waals surface area contributed by atoms with E-state index in [-0.39, 0.29) is 0 Å². The van der Waals surface area contributed by atoms with E-state index in [0.29, 0.717) is 0 Å². The maximum Gasteiger partial charge on any atom is 0.169 e. The second kappa shape index (κ2) is 4.40. The van der Waals surface area contributed by atoms with Gasteiger partial charge < -0.3 is 29.9 Å². The third kappa shape index (κ3) is 1.79. The van der Waals surface area contributed by atoms with Crippen LogP contribution in [0.15, 0.2) is 0 Å². The average molecular weight is 260 g/mol. The zero-order chi connectivity index (χ0) is 12.9. The van der Waals surface area contributed by atoms with Crippen LogP contribution in [0.1, 0.15) is 32.1 Å². The van der Waals surface area contributed by atoms with Crippen LogP contribution in [-0.4, -0.2) is 62.8 Å². The molecule has 1 aliphatic heterocycles. The smallest absolute Gasteiger partial charge is 0.169 e. The zero-order valence-corrected chi connectivity index (χ0v) is 10.1. The second-order valence-electron chi connectivity index (χ2n) is 5.60. The van der Waals surface area contributed by atoms with E-state index in [4.69, 9.17) is 9.47 Å². The third-order valence-corrected chi connectivity index (χ3v) is 4.36. The zero-order valence-electron chi connectivity index (χ0n) is 10.1. The third-order valence-electron chi connectivity index (χ3n) is 4.36. The Hall–Kier alpha value is -0.240. The van der Waals surface area contributed by atoms with Crippen LogP contribution in [-0.2, 0) is 9.47 Å². The molecule has 0 unspecified atom stereocenters. The largest absolute Gasteiger partial charge is 0.387 e. The molecule has 1 heterocycles. The lowest BCUT2D eigenvalue weighted by molar-refractivity contribution is -0.203. The molecule has 2 saturated carbocycles. The van der Waals surface area contributed by atoms with Gasteiger partial charge in [-0.05, 0) is 12.8 Å². The van der Waals surface area contributed by atoms with Crippen molar-refractivity contribution in [2.24, 2.45) is 0 Å². The summed E-state index contributed by atoms with van der Waals surface area (Å²) in [5.74, 6) is -0.751. The van der Waals surface area contributed by atoms with E-state index >= 15 is 0 Å². The van der Waals surface area contributed by atoms with E-state index in [1.807, 2.05) is 0 Å². The van der Waals surface area contributed by atoms with Gasteiger partial charge in [0.05, 0.1) is 0 Å². The van der Waals surface area contributed by atoms with Gasteiger partial charge in [0, 0.05) is 12.8 Å². The summed E-state index contributed by atoms with van der Waals surface area (Å²) in [6, 6.07) is 0. The topological polar surface area (TPSA) is 99.4 Å². The molecule has 0 amide bonds. The number of fused-ring (bicyclic) bond motifs is 1. The van der Waals surface area contributed by atoms with Crippen LogP contribution in [0.25, 0.3) is 0 Å². The number of rotatable bonds is 0. The molecule has 1 saturated heterocycles. The number of aliphatic hydroxyl groups is 4. The van der Waals surface area contributed by atoms with Gasteiger partial charge in [-0.15, -0.1) is 0 Å². The second-order valence-corrected chi connectivity index (χ2v) is 5.60. The first-order valence-corrected chi connectivity index (χ1v) is 6.62. The van der Waals surface area contributed by atoms with Crippen molar-refractivity contribution in [3.05, 3.63) is 0 Å². The highest BCUT2D eigenvalue weighted by molar-refractivity contribution is 5.04. The van der Waals surface area contributed by atoms with E-state index in [0.717, 1.165) is 32.1 Å². The van der Waals surface area contributed by atoms with Gasteiger partial charge in [0.25, 0.3) is 0 Å². The lowest BCUT2D eigenvalue weighted by Crippen LogP contribution is -2.62. The minimum Gasteiger partial charge on any atom is -0.387 e. The summed E-state index contributed by atoms with van der Waals surface area (Å²) in [6.07, 6.45) is -2.24. The van der Waals surface area contributed by atoms with Crippen molar-refractivity contribution in [1.82, 2.24) is 0 Å². The van der Waals surface area contributed by atoms with Crippen molar-refractivity contribution >= 4 is 0 Å².